The van der Waals surface area contributed by atoms with Crippen LogP contribution in [0.25, 0.3) is 5.65 Å². The largest absolute Gasteiger partial charge is 0.476 e. The lowest BCUT2D eigenvalue weighted by atomic mass is 9.99. The monoisotopic (exact) mass is 259 g/mol. The third-order valence-electron chi connectivity index (χ3n) is 3.77. The molecule has 2 aromatic heterocycles. The van der Waals surface area contributed by atoms with Crippen molar-refractivity contribution >= 4 is 17.4 Å². The lowest BCUT2D eigenvalue weighted by Crippen LogP contribution is -2.34. The quantitative estimate of drug-likeness (QED) is 0.885. The molecule has 1 aliphatic carbocycles. The van der Waals surface area contributed by atoms with E-state index >= 15 is 0 Å². The van der Waals surface area contributed by atoms with Gasteiger partial charge in [0.25, 0.3) is 0 Å². The molecular formula is C14H17N3O2. The second-order valence-corrected chi connectivity index (χ2v) is 5.66. The molecule has 0 atom stereocenters. The third-order valence-corrected chi connectivity index (χ3v) is 3.77. The molecule has 0 amide bonds. The molecule has 0 aliphatic heterocycles. The maximum atomic E-state index is 11.5. The molecular weight excluding hydrogens is 242 g/mol. The van der Waals surface area contributed by atoms with E-state index in [9.17, 15) is 9.90 Å². The Labute approximate surface area is 111 Å². The lowest BCUT2D eigenvalue weighted by molar-refractivity contribution is 0.0690. The van der Waals surface area contributed by atoms with E-state index in [2.05, 4.69) is 24.1 Å². The standard InChI is InChI=1S/C14H17N3O2/c1-14(2,9-6-7-9)16-12-11(13(18)19)17-8-4-3-5-10(17)15-12/h3-5,8-9,16H,6-7H2,1-2H3,(H,18,19). The van der Waals surface area contributed by atoms with Crippen molar-refractivity contribution in [3.63, 3.8) is 0 Å². The van der Waals surface area contributed by atoms with E-state index in [0.29, 0.717) is 17.4 Å². The molecule has 1 fully saturated rings. The van der Waals surface area contributed by atoms with Gasteiger partial charge in [0.2, 0.25) is 0 Å². The molecule has 2 N–H and O–H groups in total. The van der Waals surface area contributed by atoms with Crippen molar-refractivity contribution in [3.05, 3.63) is 30.1 Å². The average Bonchev–Trinajstić information content (AvgIpc) is 3.11. The number of pyridine rings is 1. The number of carbonyl (C=O) groups is 1. The fraction of sp³-hybridized carbons (Fsp3) is 0.429. The van der Waals surface area contributed by atoms with Gasteiger partial charge in [-0.05, 0) is 44.7 Å². The van der Waals surface area contributed by atoms with Gasteiger partial charge in [-0.25, -0.2) is 9.78 Å². The highest BCUT2D eigenvalue weighted by Crippen LogP contribution is 2.41. The number of hydrogen-bond acceptors (Lipinski definition) is 3. The summed E-state index contributed by atoms with van der Waals surface area (Å²) in [4.78, 5) is 15.9. The minimum absolute atomic E-state index is 0.123. The van der Waals surface area contributed by atoms with Crippen LogP contribution in [0.2, 0.25) is 0 Å². The predicted octanol–water partition coefficient (Wildman–Crippen LogP) is 2.63. The second kappa shape index (κ2) is 3.98. The van der Waals surface area contributed by atoms with Crippen LogP contribution in [-0.2, 0) is 0 Å². The van der Waals surface area contributed by atoms with Crippen molar-refractivity contribution in [2.45, 2.75) is 32.2 Å². The highest BCUT2D eigenvalue weighted by atomic mass is 16.4. The van der Waals surface area contributed by atoms with Crippen LogP contribution in [0, 0.1) is 5.92 Å². The minimum Gasteiger partial charge on any atom is -0.476 e. The molecule has 100 valence electrons. The van der Waals surface area contributed by atoms with Crippen molar-refractivity contribution in [1.29, 1.82) is 0 Å². The van der Waals surface area contributed by atoms with Gasteiger partial charge in [0, 0.05) is 11.7 Å². The zero-order chi connectivity index (χ0) is 13.6. The van der Waals surface area contributed by atoms with Gasteiger partial charge in [-0.2, -0.15) is 0 Å². The van der Waals surface area contributed by atoms with Gasteiger partial charge in [0.1, 0.15) is 5.65 Å². The molecule has 1 saturated carbocycles. The van der Waals surface area contributed by atoms with Crippen LogP contribution < -0.4 is 5.32 Å². The predicted molar refractivity (Wildman–Crippen MR) is 72.6 cm³/mol. The average molecular weight is 259 g/mol. The Hall–Kier alpha value is -2.04. The lowest BCUT2D eigenvalue weighted by Gasteiger charge is -2.26. The SMILES string of the molecule is CC(C)(Nc1nc2ccccn2c1C(=O)O)C1CC1. The van der Waals surface area contributed by atoms with E-state index in [1.54, 1.807) is 16.7 Å². The fourth-order valence-electron chi connectivity index (χ4n) is 2.50. The third kappa shape index (κ3) is 2.05. The van der Waals surface area contributed by atoms with E-state index in [4.69, 9.17) is 0 Å². The number of nitrogens with zero attached hydrogens (tertiary/aromatic N) is 2. The van der Waals surface area contributed by atoms with Crippen LogP contribution >= 0.6 is 0 Å². The van der Waals surface area contributed by atoms with Gasteiger partial charge in [0.15, 0.2) is 11.5 Å². The minimum atomic E-state index is -0.965. The molecule has 0 bridgehead atoms. The van der Waals surface area contributed by atoms with Crippen molar-refractivity contribution < 1.29 is 9.90 Å². The van der Waals surface area contributed by atoms with E-state index < -0.39 is 5.97 Å². The van der Waals surface area contributed by atoms with E-state index in [0.717, 1.165) is 0 Å². The number of carboxylic acid groups (broad SMARTS) is 1. The van der Waals surface area contributed by atoms with Gasteiger partial charge in [0.05, 0.1) is 0 Å². The number of anilines is 1. The Bertz CT molecular complexity index is 641. The number of fused-ring (bicyclic) bond motifs is 1. The Balaban J connectivity index is 2.07. The molecule has 5 nitrogen and oxygen atoms in total. The summed E-state index contributed by atoms with van der Waals surface area (Å²) < 4.78 is 1.60. The van der Waals surface area contributed by atoms with Crippen LogP contribution in [-0.4, -0.2) is 26.0 Å². The van der Waals surface area contributed by atoms with Crippen molar-refractivity contribution in [3.8, 4) is 0 Å². The van der Waals surface area contributed by atoms with Gasteiger partial charge >= 0.3 is 5.97 Å². The summed E-state index contributed by atoms with van der Waals surface area (Å²) >= 11 is 0. The Morgan fingerprint density at radius 1 is 1.47 bits per heavy atom. The van der Waals surface area contributed by atoms with Crippen LogP contribution in [0.4, 0.5) is 5.82 Å². The first-order chi connectivity index (χ1) is 8.99. The highest BCUT2D eigenvalue weighted by molar-refractivity contribution is 5.93. The fourth-order valence-corrected chi connectivity index (χ4v) is 2.50. The Kier molecular flexibility index (Phi) is 2.52. The summed E-state index contributed by atoms with van der Waals surface area (Å²) in [6, 6.07) is 5.46. The first kappa shape index (κ1) is 12.0. The number of aromatic nitrogens is 2. The first-order valence-electron chi connectivity index (χ1n) is 6.47. The molecule has 0 unspecified atom stereocenters. The normalized spacial score (nSPS) is 15.7. The maximum Gasteiger partial charge on any atom is 0.356 e. The van der Waals surface area contributed by atoms with Gasteiger partial charge in [-0.15, -0.1) is 0 Å². The van der Waals surface area contributed by atoms with Gasteiger partial charge < -0.3 is 10.4 Å². The number of hydrogen-bond donors (Lipinski definition) is 2. The van der Waals surface area contributed by atoms with Crippen LogP contribution in [0.1, 0.15) is 37.2 Å². The summed E-state index contributed by atoms with van der Waals surface area (Å²) in [5.41, 5.74) is 0.723. The van der Waals surface area contributed by atoms with Gasteiger partial charge in [-0.3, -0.25) is 4.40 Å². The molecule has 0 radical (unpaired) electrons. The molecule has 19 heavy (non-hydrogen) atoms. The van der Waals surface area contributed by atoms with E-state index in [1.807, 2.05) is 12.1 Å². The van der Waals surface area contributed by atoms with Crippen LogP contribution in [0.3, 0.4) is 0 Å². The van der Waals surface area contributed by atoms with E-state index in [-0.39, 0.29) is 11.2 Å². The molecule has 0 saturated heterocycles. The molecule has 3 rings (SSSR count). The molecule has 2 aromatic rings. The van der Waals surface area contributed by atoms with Crippen molar-refractivity contribution in [2.75, 3.05) is 5.32 Å². The zero-order valence-corrected chi connectivity index (χ0v) is 11.1. The summed E-state index contributed by atoms with van der Waals surface area (Å²) in [6.07, 6.45) is 4.10. The molecule has 5 heteroatoms. The smallest absolute Gasteiger partial charge is 0.356 e. The maximum absolute atomic E-state index is 11.5. The highest BCUT2D eigenvalue weighted by Gasteiger charge is 2.39. The van der Waals surface area contributed by atoms with Crippen LogP contribution in [0.5, 0.6) is 0 Å². The topological polar surface area (TPSA) is 66.6 Å². The van der Waals surface area contributed by atoms with Crippen molar-refractivity contribution in [1.82, 2.24) is 9.38 Å². The van der Waals surface area contributed by atoms with Gasteiger partial charge in [-0.1, -0.05) is 6.07 Å². The van der Waals surface area contributed by atoms with Crippen molar-refractivity contribution in [2.24, 2.45) is 5.92 Å². The number of imidazole rings is 1. The summed E-state index contributed by atoms with van der Waals surface area (Å²) in [7, 11) is 0. The van der Waals surface area contributed by atoms with E-state index in [1.165, 1.54) is 12.8 Å². The molecule has 0 spiro atoms. The Morgan fingerprint density at radius 2 is 2.21 bits per heavy atom. The summed E-state index contributed by atoms with van der Waals surface area (Å²) in [5, 5.41) is 12.7. The molecule has 1 aliphatic rings. The first-order valence-corrected chi connectivity index (χ1v) is 6.47. The number of aromatic carboxylic acids is 1. The van der Waals surface area contributed by atoms with Crippen LogP contribution in [0.15, 0.2) is 24.4 Å². The second-order valence-electron chi connectivity index (χ2n) is 5.66. The molecule has 0 aromatic carbocycles. The number of carboxylic acids is 1. The molecule has 2 heterocycles. The number of nitrogens with one attached hydrogen (secondary N) is 1. The zero-order valence-electron chi connectivity index (χ0n) is 11.1. The summed E-state index contributed by atoms with van der Waals surface area (Å²) in [5.74, 6) is 0.0855. The number of rotatable bonds is 4. The summed E-state index contributed by atoms with van der Waals surface area (Å²) in [6.45, 7) is 4.20. The Morgan fingerprint density at radius 3 is 2.84 bits per heavy atom.